The Morgan fingerprint density at radius 3 is 2.46 bits per heavy atom. The van der Waals surface area contributed by atoms with Crippen molar-refractivity contribution < 1.29 is 14.1 Å². The van der Waals surface area contributed by atoms with Crippen LogP contribution in [-0.4, -0.2) is 34.0 Å². The number of hydrogen-bond donors (Lipinski definition) is 3. The molecule has 1 heterocycles. The van der Waals surface area contributed by atoms with Gasteiger partial charge in [-0.15, -0.1) is 0 Å². The number of carbonyl (C=O) groups is 2. The highest BCUT2D eigenvalue weighted by molar-refractivity contribution is 5.76. The zero-order valence-corrected chi connectivity index (χ0v) is 16.1. The molecular formula is C18H31N5O3. The highest BCUT2D eigenvalue weighted by atomic mass is 16.5. The maximum Gasteiger partial charge on any atom is 0.227 e. The molecule has 0 spiro atoms. The summed E-state index contributed by atoms with van der Waals surface area (Å²) in [5.41, 5.74) is 4.63. The van der Waals surface area contributed by atoms with Crippen LogP contribution in [0, 0.1) is 0 Å². The Bertz CT molecular complexity index is 618. The van der Waals surface area contributed by atoms with Crippen LogP contribution >= 0.6 is 0 Å². The number of carbonyl (C=O) groups excluding carboxylic acids is 2. The fourth-order valence-corrected chi connectivity index (χ4v) is 3.34. The predicted octanol–water partition coefficient (Wildman–Crippen LogP) is 1.54. The van der Waals surface area contributed by atoms with E-state index in [4.69, 9.17) is 10.3 Å². The molecule has 0 saturated heterocycles. The first kappa shape index (κ1) is 20.4. The number of aromatic nitrogens is 2. The first-order chi connectivity index (χ1) is 12.3. The van der Waals surface area contributed by atoms with Crippen molar-refractivity contribution >= 4 is 11.8 Å². The summed E-state index contributed by atoms with van der Waals surface area (Å²) in [5, 5.41) is 10.1. The van der Waals surface area contributed by atoms with Crippen LogP contribution in [0.3, 0.4) is 0 Å². The van der Waals surface area contributed by atoms with Crippen LogP contribution in [0.5, 0.6) is 0 Å². The first-order valence-corrected chi connectivity index (χ1v) is 9.39. The third-order valence-electron chi connectivity index (χ3n) is 4.82. The average molecular weight is 365 g/mol. The normalized spacial score (nSPS) is 17.4. The minimum atomic E-state index is -0.562. The van der Waals surface area contributed by atoms with Crippen molar-refractivity contribution in [2.24, 2.45) is 5.73 Å². The van der Waals surface area contributed by atoms with Gasteiger partial charge in [0, 0.05) is 31.8 Å². The SMILES string of the molecule is CC(=O)NC1(c2noc(CCC(=O)NC(C)(C)CN)n2)CCCCCC1. The van der Waals surface area contributed by atoms with Crippen LogP contribution in [0.2, 0.25) is 0 Å². The molecule has 1 aliphatic carbocycles. The van der Waals surface area contributed by atoms with Crippen molar-refractivity contribution in [2.75, 3.05) is 6.54 Å². The summed E-state index contributed by atoms with van der Waals surface area (Å²) in [6.07, 6.45) is 6.52. The summed E-state index contributed by atoms with van der Waals surface area (Å²) in [6, 6.07) is 0. The molecule has 0 unspecified atom stereocenters. The van der Waals surface area contributed by atoms with Crippen molar-refractivity contribution in [2.45, 2.75) is 83.2 Å². The van der Waals surface area contributed by atoms with Crippen LogP contribution in [0.25, 0.3) is 0 Å². The van der Waals surface area contributed by atoms with Crippen LogP contribution < -0.4 is 16.4 Å². The molecule has 4 N–H and O–H groups in total. The number of nitrogens with zero attached hydrogens (tertiary/aromatic N) is 2. The number of nitrogens with one attached hydrogen (secondary N) is 2. The van der Waals surface area contributed by atoms with E-state index >= 15 is 0 Å². The van der Waals surface area contributed by atoms with Gasteiger partial charge < -0.3 is 20.9 Å². The van der Waals surface area contributed by atoms with Gasteiger partial charge in [0.05, 0.1) is 0 Å². The molecule has 0 bridgehead atoms. The van der Waals surface area contributed by atoms with Gasteiger partial charge in [0.25, 0.3) is 0 Å². The second-order valence-corrected chi connectivity index (χ2v) is 7.83. The van der Waals surface area contributed by atoms with Gasteiger partial charge in [-0.25, -0.2) is 0 Å². The number of rotatable bonds is 7. The van der Waals surface area contributed by atoms with Crippen molar-refractivity contribution in [3.63, 3.8) is 0 Å². The monoisotopic (exact) mass is 365 g/mol. The Morgan fingerprint density at radius 2 is 1.88 bits per heavy atom. The van der Waals surface area contributed by atoms with Gasteiger partial charge in [0.1, 0.15) is 5.54 Å². The molecule has 0 atom stereocenters. The predicted molar refractivity (Wildman–Crippen MR) is 97.1 cm³/mol. The lowest BCUT2D eigenvalue weighted by Crippen LogP contribution is -2.48. The third kappa shape index (κ3) is 5.52. The van der Waals surface area contributed by atoms with Gasteiger partial charge in [-0.05, 0) is 26.7 Å². The van der Waals surface area contributed by atoms with E-state index in [0.717, 1.165) is 38.5 Å². The number of hydrogen-bond acceptors (Lipinski definition) is 6. The largest absolute Gasteiger partial charge is 0.350 e. The smallest absolute Gasteiger partial charge is 0.227 e. The highest BCUT2D eigenvalue weighted by Crippen LogP contribution is 2.34. The van der Waals surface area contributed by atoms with E-state index < -0.39 is 11.1 Å². The maximum atomic E-state index is 12.0. The Labute approximate surface area is 154 Å². The maximum absolute atomic E-state index is 12.0. The highest BCUT2D eigenvalue weighted by Gasteiger charge is 2.38. The second kappa shape index (κ2) is 8.62. The van der Waals surface area contributed by atoms with Gasteiger partial charge >= 0.3 is 0 Å². The molecule has 1 fully saturated rings. The van der Waals surface area contributed by atoms with Crippen LogP contribution in [0.15, 0.2) is 4.52 Å². The summed E-state index contributed by atoms with van der Waals surface area (Å²) in [6.45, 7) is 5.62. The Balaban J connectivity index is 2.04. The van der Waals surface area contributed by atoms with E-state index in [9.17, 15) is 9.59 Å². The minimum Gasteiger partial charge on any atom is -0.350 e. The third-order valence-corrected chi connectivity index (χ3v) is 4.82. The van der Waals surface area contributed by atoms with Gasteiger partial charge in [0.15, 0.2) is 5.82 Å². The molecule has 1 aromatic rings. The molecule has 2 rings (SSSR count). The van der Waals surface area contributed by atoms with E-state index in [1.807, 2.05) is 13.8 Å². The van der Waals surface area contributed by atoms with Crippen LogP contribution in [0.4, 0.5) is 0 Å². The van der Waals surface area contributed by atoms with E-state index in [2.05, 4.69) is 20.8 Å². The summed E-state index contributed by atoms with van der Waals surface area (Å²) >= 11 is 0. The van der Waals surface area contributed by atoms with Gasteiger partial charge in [0.2, 0.25) is 17.7 Å². The molecule has 1 aliphatic rings. The molecule has 1 aromatic heterocycles. The number of nitrogens with two attached hydrogens (primary N) is 1. The summed E-state index contributed by atoms with van der Waals surface area (Å²) in [4.78, 5) is 28.3. The van der Waals surface area contributed by atoms with Crippen LogP contribution in [-0.2, 0) is 21.5 Å². The first-order valence-electron chi connectivity index (χ1n) is 9.39. The molecule has 0 radical (unpaired) electrons. The fraction of sp³-hybridized carbons (Fsp3) is 0.778. The molecule has 8 heteroatoms. The van der Waals surface area contributed by atoms with E-state index in [-0.39, 0.29) is 18.2 Å². The lowest BCUT2D eigenvalue weighted by Gasteiger charge is -2.30. The molecule has 0 aliphatic heterocycles. The lowest BCUT2D eigenvalue weighted by molar-refractivity contribution is -0.123. The Kier molecular flexibility index (Phi) is 6.75. The molecule has 0 aromatic carbocycles. The second-order valence-electron chi connectivity index (χ2n) is 7.83. The van der Waals surface area contributed by atoms with Crippen molar-refractivity contribution in [1.29, 1.82) is 0 Å². The Morgan fingerprint density at radius 1 is 1.23 bits per heavy atom. The molecule has 26 heavy (non-hydrogen) atoms. The van der Waals surface area contributed by atoms with Gasteiger partial charge in [-0.3, -0.25) is 9.59 Å². The van der Waals surface area contributed by atoms with E-state index in [1.54, 1.807) is 0 Å². The van der Waals surface area contributed by atoms with Gasteiger partial charge in [-0.1, -0.05) is 30.8 Å². The number of aryl methyl sites for hydroxylation is 1. The molecule has 146 valence electrons. The summed E-state index contributed by atoms with van der Waals surface area (Å²) in [7, 11) is 0. The topological polar surface area (TPSA) is 123 Å². The number of amides is 2. The van der Waals surface area contributed by atoms with E-state index in [1.165, 1.54) is 6.92 Å². The average Bonchev–Trinajstić information content (AvgIpc) is 2.93. The summed E-state index contributed by atoms with van der Waals surface area (Å²) < 4.78 is 5.36. The minimum absolute atomic E-state index is 0.0957. The standard InChI is InChI=1S/C18H31N5O3/c1-13(24)21-18(10-6-4-5-7-11-18)16-20-15(26-23-16)9-8-14(25)22-17(2,3)12-19/h4-12,19H2,1-3H3,(H,21,24)(H,22,25). The van der Waals surface area contributed by atoms with Crippen molar-refractivity contribution in [3.8, 4) is 0 Å². The van der Waals surface area contributed by atoms with Crippen molar-refractivity contribution in [1.82, 2.24) is 20.8 Å². The molecule has 1 saturated carbocycles. The molecule has 8 nitrogen and oxygen atoms in total. The van der Waals surface area contributed by atoms with Gasteiger partial charge in [-0.2, -0.15) is 4.98 Å². The quantitative estimate of drug-likeness (QED) is 0.630. The van der Waals surface area contributed by atoms with E-state index in [0.29, 0.717) is 24.7 Å². The zero-order chi connectivity index (χ0) is 19.2. The summed E-state index contributed by atoms with van der Waals surface area (Å²) in [5.74, 6) is 0.731. The fourth-order valence-electron chi connectivity index (χ4n) is 3.34. The van der Waals surface area contributed by atoms with Crippen LogP contribution in [0.1, 0.15) is 77.4 Å². The Hall–Kier alpha value is -1.96. The molecular weight excluding hydrogens is 334 g/mol. The lowest BCUT2D eigenvalue weighted by atomic mass is 9.89. The van der Waals surface area contributed by atoms with Crippen molar-refractivity contribution in [3.05, 3.63) is 11.7 Å². The molecule has 2 amide bonds. The zero-order valence-electron chi connectivity index (χ0n) is 16.1.